The van der Waals surface area contributed by atoms with Crippen molar-refractivity contribution in [3.05, 3.63) is 35.2 Å². The molecule has 0 spiro atoms. The average Bonchev–Trinajstić information content (AvgIpc) is 2.44. The first kappa shape index (κ1) is 7.31. The third-order valence-electron chi connectivity index (χ3n) is 1.71. The van der Waals surface area contributed by atoms with Crippen molar-refractivity contribution in [2.75, 3.05) is 0 Å². The molecule has 2 aromatic rings. The molecule has 0 amide bonds. The van der Waals surface area contributed by atoms with Crippen molar-refractivity contribution in [1.29, 1.82) is 0 Å². The molecule has 0 aliphatic heterocycles. The molecule has 60 valence electrons. The van der Waals surface area contributed by atoms with Gasteiger partial charge in [0.05, 0.1) is 5.52 Å². The molecule has 0 unspecified atom stereocenters. The molecule has 0 aliphatic rings. The molecule has 3 heteroatoms. The molecule has 1 aromatic carbocycles. The summed E-state index contributed by atoms with van der Waals surface area (Å²) in [5.41, 5.74) is 2.70. The maximum absolute atomic E-state index is 5.22. The van der Waals surface area contributed by atoms with E-state index < -0.39 is 0 Å². The summed E-state index contributed by atoms with van der Waals surface area (Å²) >= 11 is 4.86. The van der Waals surface area contributed by atoms with Crippen LogP contribution in [0.4, 0.5) is 0 Å². The Balaban J connectivity index is 2.96. The van der Waals surface area contributed by atoms with E-state index in [9.17, 15) is 0 Å². The zero-order chi connectivity index (χ0) is 8.55. The highest BCUT2D eigenvalue weighted by Gasteiger charge is 2.00. The van der Waals surface area contributed by atoms with Crippen molar-refractivity contribution < 1.29 is 4.42 Å². The Labute approximate surface area is 74.5 Å². The summed E-state index contributed by atoms with van der Waals surface area (Å²) in [5, 5.41) is 0. The van der Waals surface area contributed by atoms with E-state index in [0.29, 0.717) is 4.84 Å². The van der Waals surface area contributed by atoms with Crippen LogP contribution in [0, 0.1) is 4.84 Å². The van der Waals surface area contributed by atoms with Crippen molar-refractivity contribution in [3.8, 4) is 0 Å². The second-order valence-corrected chi connectivity index (χ2v) is 2.81. The third kappa shape index (κ3) is 0.987. The fraction of sp³-hybridized carbons (Fsp3) is 0. The Hall–Kier alpha value is -1.35. The molecule has 0 saturated carbocycles. The predicted molar refractivity (Wildman–Crippen MR) is 51.5 cm³/mol. The van der Waals surface area contributed by atoms with Crippen LogP contribution >= 0.6 is 12.2 Å². The number of para-hydroxylation sites is 1. The van der Waals surface area contributed by atoms with Crippen molar-refractivity contribution in [3.63, 3.8) is 0 Å². The molecule has 1 N–H and O–H groups in total. The van der Waals surface area contributed by atoms with Gasteiger partial charge < -0.3 is 9.40 Å². The molecule has 0 fully saturated rings. The van der Waals surface area contributed by atoms with Crippen LogP contribution in [0.15, 0.2) is 29.2 Å². The van der Waals surface area contributed by atoms with Gasteiger partial charge in [-0.3, -0.25) is 0 Å². The van der Waals surface area contributed by atoms with Crippen LogP contribution in [-0.4, -0.2) is 4.98 Å². The van der Waals surface area contributed by atoms with Crippen LogP contribution in [0.25, 0.3) is 17.2 Å². The van der Waals surface area contributed by atoms with E-state index in [-0.39, 0.29) is 0 Å². The van der Waals surface area contributed by atoms with Crippen LogP contribution in [0.2, 0.25) is 0 Å². The topological polar surface area (TPSA) is 28.9 Å². The minimum Gasteiger partial charge on any atom is -0.429 e. The molecule has 0 radical (unpaired) electrons. The van der Waals surface area contributed by atoms with Crippen molar-refractivity contribution in [1.82, 2.24) is 4.98 Å². The van der Waals surface area contributed by atoms with E-state index in [0.717, 1.165) is 16.7 Å². The van der Waals surface area contributed by atoms with Gasteiger partial charge in [-0.1, -0.05) is 24.8 Å². The van der Waals surface area contributed by atoms with Crippen LogP contribution in [0.5, 0.6) is 0 Å². The first-order valence-corrected chi connectivity index (χ1v) is 3.96. The summed E-state index contributed by atoms with van der Waals surface area (Å²) in [6.45, 7) is 3.69. The highest BCUT2D eigenvalue weighted by Crippen LogP contribution is 2.18. The Morgan fingerprint density at radius 3 is 3.08 bits per heavy atom. The highest BCUT2D eigenvalue weighted by molar-refractivity contribution is 7.71. The largest absolute Gasteiger partial charge is 0.429 e. The molecule has 1 aromatic heterocycles. The van der Waals surface area contributed by atoms with Crippen molar-refractivity contribution in [2.45, 2.75) is 0 Å². The van der Waals surface area contributed by atoms with Gasteiger partial charge in [-0.15, -0.1) is 0 Å². The van der Waals surface area contributed by atoms with Crippen molar-refractivity contribution in [2.24, 2.45) is 0 Å². The van der Waals surface area contributed by atoms with Gasteiger partial charge in [0.1, 0.15) is 0 Å². The van der Waals surface area contributed by atoms with Gasteiger partial charge in [0.25, 0.3) is 4.84 Å². The lowest BCUT2D eigenvalue weighted by Gasteiger charge is -1.91. The minimum absolute atomic E-state index is 0.402. The first-order chi connectivity index (χ1) is 5.81. The van der Waals surface area contributed by atoms with Crippen LogP contribution in [0.1, 0.15) is 5.56 Å². The fourth-order valence-electron chi connectivity index (χ4n) is 1.16. The summed E-state index contributed by atoms with van der Waals surface area (Å²) in [6.07, 6.45) is 1.77. The summed E-state index contributed by atoms with van der Waals surface area (Å²) < 4.78 is 5.22. The maximum atomic E-state index is 5.22. The number of hydrogen-bond acceptors (Lipinski definition) is 2. The monoisotopic (exact) mass is 177 g/mol. The van der Waals surface area contributed by atoms with E-state index in [1.54, 1.807) is 6.08 Å². The molecule has 1 heterocycles. The molecule has 0 bridgehead atoms. The van der Waals surface area contributed by atoms with Gasteiger partial charge in [-0.2, -0.15) is 0 Å². The number of aromatic nitrogens is 1. The second kappa shape index (κ2) is 2.60. The molecule has 0 atom stereocenters. The SMILES string of the molecule is C=Cc1cccc2oc(=S)[nH]c12. The molecular formula is C9H7NOS. The number of hydrogen-bond donors (Lipinski definition) is 1. The molecule has 2 nitrogen and oxygen atoms in total. The standard InChI is InChI=1S/C9H7NOS/c1-2-6-4-3-5-7-8(6)10-9(12)11-7/h2-5H,1H2,(H,10,12). The number of aromatic amines is 1. The van der Waals surface area contributed by atoms with Gasteiger partial charge in [-0.25, -0.2) is 0 Å². The lowest BCUT2D eigenvalue weighted by molar-refractivity contribution is 0.583. The third-order valence-corrected chi connectivity index (χ3v) is 1.89. The summed E-state index contributed by atoms with van der Waals surface area (Å²) in [5.74, 6) is 0. The molecule has 12 heavy (non-hydrogen) atoms. The van der Waals surface area contributed by atoms with E-state index >= 15 is 0 Å². The summed E-state index contributed by atoms with van der Waals surface area (Å²) in [7, 11) is 0. The molecular weight excluding hydrogens is 170 g/mol. The smallest absolute Gasteiger partial charge is 0.266 e. The van der Waals surface area contributed by atoms with Crippen LogP contribution in [-0.2, 0) is 0 Å². The maximum Gasteiger partial charge on any atom is 0.266 e. The highest BCUT2D eigenvalue weighted by atomic mass is 32.1. The van der Waals surface area contributed by atoms with Gasteiger partial charge in [-0.05, 0) is 18.3 Å². The molecule has 2 rings (SSSR count). The number of nitrogens with one attached hydrogen (secondary N) is 1. The number of benzene rings is 1. The Bertz CT molecular complexity index is 480. The van der Waals surface area contributed by atoms with Crippen molar-refractivity contribution >= 4 is 29.4 Å². The Kier molecular flexibility index (Phi) is 1.59. The number of H-pyrrole nitrogens is 1. The van der Waals surface area contributed by atoms with Gasteiger partial charge in [0.15, 0.2) is 5.58 Å². The van der Waals surface area contributed by atoms with Gasteiger partial charge in [0, 0.05) is 5.56 Å². The zero-order valence-corrected chi connectivity index (χ0v) is 7.15. The fourth-order valence-corrected chi connectivity index (χ4v) is 1.36. The van der Waals surface area contributed by atoms with E-state index in [1.165, 1.54) is 0 Å². The Morgan fingerprint density at radius 2 is 2.33 bits per heavy atom. The predicted octanol–water partition coefficient (Wildman–Crippen LogP) is 3.13. The lowest BCUT2D eigenvalue weighted by atomic mass is 10.2. The van der Waals surface area contributed by atoms with E-state index in [1.807, 2.05) is 18.2 Å². The Morgan fingerprint density at radius 1 is 1.50 bits per heavy atom. The first-order valence-electron chi connectivity index (χ1n) is 3.55. The lowest BCUT2D eigenvalue weighted by Crippen LogP contribution is -1.73. The van der Waals surface area contributed by atoms with Gasteiger partial charge in [0.2, 0.25) is 0 Å². The van der Waals surface area contributed by atoms with Gasteiger partial charge >= 0.3 is 0 Å². The van der Waals surface area contributed by atoms with E-state index in [4.69, 9.17) is 16.6 Å². The number of oxazole rings is 1. The summed E-state index contributed by atoms with van der Waals surface area (Å²) in [4.78, 5) is 3.36. The number of fused-ring (bicyclic) bond motifs is 1. The molecule has 0 saturated heterocycles. The normalized spacial score (nSPS) is 10.3. The number of rotatable bonds is 1. The van der Waals surface area contributed by atoms with Crippen LogP contribution < -0.4 is 0 Å². The minimum atomic E-state index is 0.402. The quantitative estimate of drug-likeness (QED) is 0.678. The van der Waals surface area contributed by atoms with Crippen LogP contribution in [0.3, 0.4) is 0 Å². The summed E-state index contributed by atoms with van der Waals surface area (Å²) in [6, 6.07) is 5.73. The average molecular weight is 177 g/mol. The molecule has 0 aliphatic carbocycles. The second-order valence-electron chi connectivity index (χ2n) is 2.44. The van der Waals surface area contributed by atoms with E-state index in [2.05, 4.69) is 11.6 Å². The zero-order valence-electron chi connectivity index (χ0n) is 6.33.